The summed E-state index contributed by atoms with van der Waals surface area (Å²) in [6.45, 7) is 1.56. The molecule has 2 fully saturated rings. The van der Waals surface area contributed by atoms with Gasteiger partial charge in [-0.1, -0.05) is 0 Å². The number of carboxylic acid groups (broad SMARTS) is 1. The zero-order chi connectivity index (χ0) is 10.9. The number of ether oxygens (including phenoxy) is 1. The number of aliphatic carboxylic acids is 1. The first-order valence-corrected chi connectivity index (χ1v) is 5.62. The van der Waals surface area contributed by atoms with Crippen LogP contribution in [-0.4, -0.2) is 35.0 Å². The van der Waals surface area contributed by atoms with Crippen molar-refractivity contribution in [1.82, 2.24) is 0 Å². The Morgan fingerprint density at radius 3 is 2.47 bits per heavy atom. The van der Waals surface area contributed by atoms with Crippen molar-refractivity contribution in [2.45, 2.75) is 37.7 Å². The van der Waals surface area contributed by atoms with Crippen LogP contribution in [0.4, 0.5) is 0 Å². The normalized spacial score (nSPS) is 37.3. The number of hydrogen-bond acceptors (Lipinski definition) is 3. The number of carboxylic acids is 1. The van der Waals surface area contributed by atoms with Crippen molar-refractivity contribution in [3.8, 4) is 0 Å². The second-order valence-corrected chi connectivity index (χ2v) is 4.93. The quantitative estimate of drug-likeness (QED) is 0.736. The van der Waals surface area contributed by atoms with Gasteiger partial charge in [0.25, 0.3) is 0 Å². The van der Waals surface area contributed by atoms with Crippen LogP contribution in [0, 0.1) is 11.8 Å². The smallest absolute Gasteiger partial charge is 0.306 e. The van der Waals surface area contributed by atoms with Gasteiger partial charge in [-0.3, -0.25) is 4.79 Å². The molecule has 0 radical (unpaired) electrons. The molecular weight excluding hydrogens is 196 g/mol. The molecule has 1 aliphatic heterocycles. The van der Waals surface area contributed by atoms with E-state index in [1.54, 1.807) is 0 Å². The van der Waals surface area contributed by atoms with Gasteiger partial charge in [0, 0.05) is 13.2 Å². The van der Waals surface area contributed by atoms with Crippen LogP contribution in [0.5, 0.6) is 0 Å². The summed E-state index contributed by atoms with van der Waals surface area (Å²) in [5.74, 6) is -0.583. The van der Waals surface area contributed by atoms with E-state index in [-0.39, 0.29) is 5.92 Å². The zero-order valence-electron chi connectivity index (χ0n) is 8.82. The molecule has 4 nitrogen and oxygen atoms in total. The standard InChI is InChI=1S/C11H18O4/c12-10(13)9-6-11(14,7-9)5-8-1-3-15-4-2-8/h8-9,14H,1-7H2,(H,12,13). The summed E-state index contributed by atoms with van der Waals surface area (Å²) in [5.41, 5.74) is -0.703. The monoisotopic (exact) mass is 214 g/mol. The van der Waals surface area contributed by atoms with E-state index in [0.29, 0.717) is 18.8 Å². The Morgan fingerprint density at radius 1 is 1.33 bits per heavy atom. The number of aliphatic hydroxyl groups is 1. The van der Waals surface area contributed by atoms with E-state index in [9.17, 15) is 9.90 Å². The van der Waals surface area contributed by atoms with Gasteiger partial charge < -0.3 is 14.9 Å². The summed E-state index contributed by atoms with van der Waals surface area (Å²) in [6.07, 6.45) is 3.61. The summed E-state index contributed by atoms with van der Waals surface area (Å²) in [5, 5.41) is 18.8. The SMILES string of the molecule is O=C(O)C1CC(O)(CC2CCOCC2)C1. The number of carbonyl (C=O) groups is 1. The lowest BCUT2D eigenvalue weighted by molar-refractivity contribution is -0.161. The van der Waals surface area contributed by atoms with Crippen molar-refractivity contribution in [2.75, 3.05) is 13.2 Å². The third-order valence-electron chi connectivity index (χ3n) is 3.61. The zero-order valence-corrected chi connectivity index (χ0v) is 8.82. The molecule has 0 amide bonds. The fourth-order valence-corrected chi connectivity index (χ4v) is 2.69. The summed E-state index contributed by atoms with van der Waals surface area (Å²) >= 11 is 0. The Balaban J connectivity index is 1.77. The first-order valence-electron chi connectivity index (χ1n) is 5.62. The van der Waals surface area contributed by atoms with E-state index < -0.39 is 11.6 Å². The van der Waals surface area contributed by atoms with Crippen molar-refractivity contribution >= 4 is 5.97 Å². The molecule has 0 aromatic carbocycles. The number of hydrogen-bond donors (Lipinski definition) is 2. The Bertz CT molecular complexity index is 239. The molecular formula is C11H18O4. The highest BCUT2D eigenvalue weighted by atomic mass is 16.5. The molecule has 0 unspecified atom stereocenters. The third kappa shape index (κ3) is 2.49. The largest absolute Gasteiger partial charge is 0.481 e. The van der Waals surface area contributed by atoms with Crippen molar-refractivity contribution < 1.29 is 19.7 Å². The molecule has 1 heterocycles. The van der Waals surface area contributed by atoms with Crippen molar-refractivity contribution in [1.29, 1.82) is 0 Å². The van der Waals surface area contributed by atoms with Crippen LogP contribution in [0.3, 0.4) is 0 Å². The predicted molar refractivity (Wildman–Crippen MR) is 53.5 cm³/mol. The minimum atomic E-state index is -0.772. The van der Waals surface area contributed by atoms with Crippen molar-refractivity contribution in [3.63, 3.8) is 0 Å². The maximum atomic E-state index is 10.6. The molecule has 0 spiro atoms. The fourth-order valence-electron chi connectivity index (χ4n) is 2.69. The second kappa shape index (κ2) is 4.10. The first-order chi connectivity index (χ1) is 7.09. The molecule has 2 N–H and O–H groups in total. The molecule has 1 saturated carbocycles. The Morgan fingerprint density at radius 2 is 1.93 bits per heavy atom. The van der Waals surface area contributed by atoms with Gasteiger partial charge in [0.2, 0.25) is 0 Å². The molecule has 15 heavy (non-hydrogen) atoms. The van der Waals surface area contributed by atoms with Crippen LogP contribution in [0.25, 0.3) is 0 Å². The van der Waals surface area contributed by atoms with Gasteiger partial charge >= 0.3 is 5.97 Å². The van der Waals surface area contributed by atoms with E-state index in [2.05, 4.69) is 0 Å². The van der Waals surface area contributed by atoms with Crippen LogP contribution in [0.2, 0.25) is 0 Å². The molecule has 0 bridgehead atoms. The lowest BCUT2D eigenvalue weighted by Gasteiger charge is -2.44. The van der Waals surface area contributed by atoms with E-state index in [0.717, 1.165) is 32.5 Å². The van der Waals surface area contributed by atoms with Gasteiger partial charge in [0.15, 0.2) is 0 Å². The third-order valence-corrected chi connectivity index (χ3v) is 3.61. The van der Waals surface area contributed by atoms with Crippen molar-refractivity contribution in [3.05, 3.63) is 0 Å². The average Bonchev–Trinajstić information content (AvgIpc) is 2.15. The molecule has 0 aromatic rings. The maximum Gasteiger partial charge on any atom is 0.306 e. The molecule has 0 atom stereocenters. The highest BCUT2D eigenvalue weighted by Crippen LogP contribution is 2.43. The minimum absolute atomic E-state index is 0.324. The molecule has 4 heteroatoms. The molecule has 2 aliphatic rings. The van der Waals surface area contributed by atoms with Crippen LogP contribution in [0.1, 0.15) is 32.1 Å². The Kier molecular flexibility index (Phi) is 2.98. The predicted octanol–water partition coefficient (Wildman–Crippen LogP) is 1.03. The van der Waals surface area contributed by atoms with Crippen molar-refractivity contribution in [2.24, 2.45) is 11.8 Å². The summed E-state index contributed by atoms with van der Waals surface area (Å²) < 4.78 is 5.25. The van der Waals surface area contributed by atoms with E-state index in [1.807, 2.05) is 0 Å². The van der Waals surface area contributed by atoms with Gasteiger partial charge in [0.1, 0.15) is 0 Å². The van der Waals surface area contributed by atoms with Gasteiger partial charge in [-0.25, -0.2) is 0 Å². The topological polar surface area (TPSA) is 66.8 Å². The average molecular weight is 214 g/mol. The van der Waals surface area contributed by atoms with E-state index >= 15 is 0 Å². The minimum Gasteiger partial charge on any atom is -0.481 e. The number of rotatable bonds is 3. The molecule has 2 rings (SSSR count). The van der Waals surface area contributed by atoms with Crippen LogP contribution in [0.15, 0.2) is 0 Å². The van der Waals surface area contributed by atoms with Crippen LogP contribution < -0.4 is 0 Å². The molecule has 1 saturated heterocycles. The van der Waals surface area contributed by atoms with Gasteiger partial charge in [-0.05, 0) is 38.0 Å². The van der Waals surface area contributed by atoms with Gasteiger partial charge in [-0.15, -0.1) is 0 Å². The highest BCUT2D eigenvalue weighted by Gasteiger charge is 2.47. The summed E-state index contributed by atoms with van der Waals surface area (Å²) in [7, 11) is 0. The Labute approximate surface area is 89.2 Å². The molecule has 0 aromatic heterocycles. The second-order valence-electron chi connectivity index (χ2n) is 4.93. The lowest BCUT2D eigenvalue weighted by Crippen LogP contribution is -2.48. The van der Waals surface area contributed by atoms with E-state index in [1.165, 1.54) is 0 Å². The van der Waals surface area contributed by atoms with Gasteiger partial charge in [-0.2, -0.15) is 0 Å². The molecule has 86 valence electrons. The van der Waals surface area contributed by atoms with E-state index in [4.69, 9.17) is 9.84 Å². The summed E-state index contributed by atoms with van der Waals surface area (Å²) in [6, 6.07) is 0. The lowest BCUT2D eigenvalue weighted by atomic mass is 9.66. The van der Waals surface area contributed by atoms with Crippen LogP contribution >= 0.6 is 0 Å². The van der Waals surface area contributed by atoms with Gasteiger partial charge in [0.05, 0.1) is 11.5 Å². The highest BCUT2D eigenvalue weighted by molar-refractivity contribution is 5.71. The molecule has 1 aliphatic carbocycles. The summed E-state index contributed by atoms with van der Waals surface area (Å²) in [4.78, 5) is 10.6. The van der Waals surface area contributed by atoms with Crippen LogP contribution in [-0.2, 0) is 9.53 Å². The first kappa shape index (κ1) is 10.9. The fraction of sp³-hybridized carbons (Fsp3) is 0.909. The maximum absolute atomic E-state index is 10.6. The Hall–Kier alpha value is -0.610.